The van der Waals surface area contributed by atoms with Gasteiger partial charge in [-0.25, -0.2) is 0 Å². The summed E-state index contributed by atoms with van der Waals surface area (Å²) in [6.45, 7) is 0. The Morgan fingerprint density at radius 2 is 0.739 bits per heavy atom. The van der Waals surface area contributed by atoms with Gasteiger partial charge >= 0.3 is 0 Å². The van der Waals surface area contributed by atoms with Crippen LogP contribution in [-0.2, 0) is 0 Å². The van der Waals surface area contributed by atoms with Crippen LogP contribution >= 0.6 is 0 Å². The van der Waals surface area contributed by atoms with Gasteiger partial charge in [-0.1, -0.05) is 48.5 Å². The van der Waals surface area contributed by atoms with Gasteiger partial charge in [0.15, 0.2) is 11.6 Å². The summed E-state index contributed by atoms with van der Waals surface area (Å²) in [6, 6.07) is 19.2. The number of aromatic nitrogens is 6. The fourth-order valence-electron chi connectivity index (χ4n) is 5.27. The largest absolute Gasteiger partial charge is 0.507 e. The molecule has 0 aliphatic carbocycles. The Balaban J connectivity index is 1.73. The molecule has 12 nitrogen and oxygen atoms in total. The molecule has 0 atom stereocenters. The van der Waals surface area contributed by atoms with Gasteiger partial charge in [0.25, 0.3) is 0 Å². The van der Waals surface area contributed by atoms with E-state index in [9.17, 15) is 10.2 Å². The third-order valence-electron chi connectivity index (χ3n) is 7.60. The standard InChI is InChI=1S/C34H36N10O2/c1-41(2)31-35-29(36-32(39-31)42(3)4)23-17-19-13-9-11-15-21(19)25(27(23)45)26-22-16-12-10-14-20(22)18-24(28(26)46)30-37-33(43(5)6)40-34(38-30)44(7)8/h9-18,45-46H,1-8H3. The van der Waals surface area contributed by atoms with Crippen molar-refractivity contribution in [1.29, 1.82) is 0 Å². The SMILES string of the molecule is CN(C)c1nc(-c2cc3ccccc3c(-c3c(O)c(-c4nc(N(C)C)nc(N(C)C)n4)cc4ccccc34)c2O)nc(N(C)C)n1. The van der Waals surface area contributed by atoms with Crippen LogP contribution in [-0.4, -0.2) is 96.5 Å². The van der Waals surface area contributed by atoms with Gasteiger partial charge in [-0.3, -0.25) is 0 Å². The summed E-state index contributed by atoms with van der Waals surface area (Å²) in [6.07, 6.45) is 0. The van der Waals surface area contributed by atoms with E-state index in [4.69, 9.17) is 19.9 Å². The maximum absolute atomic E-state index is 12.2. The number of anilines is 4. The smallest absolute Gasteiger partial charge is 0.230 e. The molecule has 6 rings (SSSR count). The van der Waals surface area contributed by atoms with E-state index in [-0.39, 0.29) is 11.5 Å². The zero-order valence-electron chi connectivity index (χ0n) is 27.1. The lowest BCUT2D eigenvalue weighted by Crippen LogP contribution is -2.19. The third kappa shape index (κ3) is 5.27. The summed E-state index contributed by atoms with van der Waals surface area (Å²) in [7, 11) is 14.8. The Morgan fingerprint density at radius 1 is 0.435 bits per heavy atom. The number of hydrogen-bond acceptors (Lipinski definition) is 12. The van der Waals surface area contributed by atoms with Crippen LogP contribution in [0.2, 0.25) is 0 Å². The second-order valence-corrected chi connectivity index (χ2v) is 11.8. The second kappa shape index (κ2) is 11.6. The summed E-state index contributed by atoms with van der Waals surface area (Å²) >= 11 is 0. The summed E-state index contributed by atoms with van der Waals surface area (Å²) in [4.78, 5) is 35.1. The number of nitrogens with zero attached hydrogens (tertiary/aromatic N) is 10. The van der Waals surface area contributed by atoms with Crippen LogP contribution in [0.4, 0.5) is 23.8 Å². The Labute approximate surface area is 267 Å². The third-order valence-corrected chi connectivity index (χ3v) is 7.60. The van der Waals surface area contributed by atoms with Crippen LogP contribution in [0.3, 0.4) is 0 Å². The van der Waals surface area contributed by atoms with E-state index in [0.29, 0.717) is 57.7 Å². The predicted molar refractivity (Wildman–Crippen MR) is 185 cm³/mol. The minimum atomic E-state index is -0.0736. The average molecular weight is 617 g/mol. The molecule has 0 fully saturated rings. The molecule has 6 aromatic rings. The zero-order chi connectivity index (χ0) is 32.9. The first-order chi connectivity index (χ1) is 21.9. The van der Waals surface area contributed by atoms with Crippen LogP contribution in [0, 0.1) is 0 Å². The van der Waals surface area contributed by atoms with Crippen molar-refractivity contribution in [2.24, 2.45) is 0 Å². The minimum absolute atomic E-state index is 0.0736. The molecule has 4 aromatic carbocycles. The topological polar surface area (TPSA) is 131 Å². The fourth-order valence-corrected chi connectivity index (χ4v) is 5.27. The molecular formula is C34H36N10O2. The maximum atomic E-state index is 12.2. The van der Waals surface area contributed by atoms with Gasteiger partial charge in [-0.15, -0.1) is 0 Å². The summed E-state index contributed by atoms with van der Waals surface area (Å²) in [5.41, 5.74) is 1.69. The summed E-state index contributed by atoms with van der Waals surface area (Å²) in [5.74, 6) is 2.24. The Bertz CT molecular complexity index is 1910. The molecule has 46 heavy (non-hydrogen) atoms. The van der Waals surface area contributed by atoms with Crippen molar-refractivity contribution in [2.45, 2.75) is 0 Å². The first kappa shape index (κ1) is 30.3. The number of rotatable bonds is 7. The van der Waals surface area contributed by atoms with Crippen LogP contribution in [0.1, 0.15) is 0 Å². The quantitative estimate of drug-likeness (QED) is 0.249. The van der Waals surface area contributed by atoms with E-state index in [1.807, 2.05) is 117 Å². The van der Waals surface area contributed by atoms with Crippen molar-refractivity contribution < 1.29 is 10.2 Å². The van der Waals surface area contributed by atoms with Gasteiger partial charge in [0.1, 0.15) is 11.5 Å². The highest BCUT2D eigenvalue weighted by molar-refractivity contribution is 6.13. The van der Waals surface area contributed by atoms with Gasteiger partial charge in [0, 0.05) is 67.5 Å². The van der Waals surface area contributed by atoms with Crippen LogP contribution in [0.25, 0.3) is 55.4 Å². The molecule has 0 unspecified atom stereocenters. The Morgan fingerprint density at radius 3 is 1.04 bits per heavy atom. The number of fused-ring (bicyclic) bond motifs is 2. The molecule has 0 spiro atoms. The van der Waals surface area contributed by atoms with E-state index >= 15 is 0 Å². The molecule has 0 saturated carbocycles. The van der Waals surface area contributed by atoms with Crippen molar-refractivity contribution >= 4 is 45.3 Å². The van der Waals surface area contributed by atoms with Gasteiger partial charge in [0.2, 0.25) is 23.8 Å². The number of benzene rings is 4. The molecule has 2 aromatic heterocycles. The monoisotopic (exact) mass is 616 g/mol. The van der Waals surface area contributed by atoms with E-state index in [2.05, 4.69) is 9.97 Å². The number of phenolic OH excluding ortho intramolecular Hbond substituents is 2. The minimum Gasteiger partial charge on any atom is -0.507 e. The molecule has 0 amide bonds. The molecule has 0 saturated heterocycles. The highest BCUT2D eigenvalue weighted by atomic mass is 16.3. The molecular weight excluding hydrogens is 580 g/mol. The van der Waals surface area contributed by atoms with Crippen molar-refractivity contribution in [3.05, 3.63) is 60.7 Å². The van der Waals surface area contributed by atoms with Crippen molar-refractivity contribution in [1.82, 2.24) is 29.9 Å². The lowest BCUT2D eigenvalue weighted by atomic mass is 9.88. The van der Waals surface area contributed by atoms with E-state index < -0.39 is 0 Å². The molecule has 2 heterocycles. The summed E-state index contributed by atoms with van der Waals surface area (Å²) < 4.78 is 0. The van der Waals surface area contributed by atoms with Gasteiger partial charge in [-0.05, 0) is 33.7 Å². The Hall–Kier alpha value is -5.78. The average Bonchev–Trinajstić information content (AvgIpc) is 3.04. The molecule has 0 radical (unpaired) electrons. The van der Waals surface area contributed by atoms with Crippen molar-refractivity contribution in [2.75, 3.05) is 76.0 Å². The van der Waals surface area contributed by atoms with Gasteiger partial charge < -0.3 is 29.8 Å². The van der Waals surface area contributed by atoms with Gasteiger partial charge in [0.05, 0.1) is 11.1 Å². The molecule has 2 N–H and O–H groups in total. The molecule has 0 aliphatic heterocycles. The first-order valence-corrected chi connectivity index (χ1v) is 14.7. The van der Waals surface area contributed by atoms with Crippen molar-refractivity contribution in [3.8, 4) is 45.4 Å². The lowest BCUT2D eigenvalue weighted by molar-refractivity contribution is 0.472. The van der Waals surface area contributed by atoms with E-state index in [1.54, 1.807) is 19.6 Å². The number of phenols is 2. The van der Waals surface area contributed by atoms with Gasteiger partial charge in [-0.2, -0.15) is 29.9 Å². The van der Waals surface area contributed by atoms with Crippen molar-refractivity contribution in [3.63, 3.8) is 0 Å². The molecule has 234 valence electrons. The highest BCUT2D eigenvalue weighted by Gasteiger charge is 2.26. The van der Waals surface area contributed by atoms with Crippen LogP contribution < -0.4 is 19.6 Å². The van der Waals surface area contributed by atoms with E-state index in [1.165, 1.54) is 0 Å². The predicted octanol–water partition coefficient (Wildman–Crippen LogP) is 5.04. The first-order valence-electron chi connectivity index (χ1n) is 14.7. The highest BCUT2D eigenvalue weighted by Crippen LogP contribution is 2.50. The summed E-state index contributed by atoms with van der Waals surface area (Å²) in [5, 5.41) is 27.6. The molecule has 0 bridgehead atoms. The van der Waals surface area contributed by atoms with E-state index in [0.717, 1.165) is 21.5 Å². The molecule has 12 heteroatoms. The maximum Gasteiger partial charge on any atom is 0.230 e. The number of aromatic hydroxyl groups is 2. The van der Waals surface area contributed by atoms with Crippen LogP contribution in [0.5, 0.6) is 11.5 Å². The molecule has 0 aliphatic rings. The van der Waals surface area contributed by atoms with Crippen LogP contribution in [0.15, 0.2) is 60.7 Å². The normalized spacial score (nSPS) is 11.2. The second-order valence-electron chi connectivity index (χ2n) is 11.8. The zero-order valence-corrected chi connectivity index (χ0v) is 27.1. The fraction of sp³-hybridized carbons (Fsp3) is 0.235. The lowest BCUT2D eigenvalue weighted by Gasteiger charge is -2.20. The Kier molecular flexibility index (Phi) is 7.64. The number of hydrogen-bond donors (Lipinski definition) is 2.